The van der Waals surface area contributed by atoms with Crippen molar-refractivity contribution in [3.05, 3.63) is 48.0 Å². The van der Waals surface area contributed by atoms with Crippen molar-refractivity contribution < 1.29 is 42.1 Å². The fourth-order valence-electron chi connectivity index (χ4n) is 4.81. The standard InChI is InChI=1S/C23H26N4O4.C2HF3O2/c1-14(2)31-17-8-19-26-18(22-11-23(12-22,13-22)30-4)10-27(19)9-15(17)20(28)25-16-6-5-7-24-21(16)29-3;3-2(4,5)1(6)7/h5-10,14H,11-13H2,1-4H3,(H,25,28);(H,6,7). The van der Waals surface area contributed by atoms with E-state index >= 15 is 0 Å². The van der Waals surface area contributed by atoms with Crippen LogP contribution in [0.25, 0.3) is 5.65 Å². The van der Waals surface area contributed by atoms with Crippen molar-refractivity contribution in [1.29, 1.82) is 0 Å². The molecule has 2 N–H and O–H groups in total. The van der Waals surface area contributed by atoms with Crippen LogP contribution in [-0.2, 0) is 14.9 Å². The minimum Gasteiger partial charge on any atom is -0.490 e. The second kappa shape index (κ2) is 9.78. The van der Waals surface area contributed by atoms with Crippen LogP contribution in [0, 0.1) is 0 Å². The smallest absolute Gasteiger partial charge is 0.490 e. The Morgan fingerprint density at radius 1 is 1.18 bits per heavy atom. The summed E-state index contributed by atoms with van der Waals surface area (Å²) in [5.74, 6) is -2.22. The number of anilines is 1. The number of hydrogen-bond acceptors (Lipinski definition) is 7. The molecule has 3 heterocycles. The fraction of sp³-hybridized carbons (Fsp3) is 0.440. The van der Waals surface area contributed by atoms with Gasteiger partial charge >= 0.3 is 12.1 Å². The molecular weight excluding hydrogens is 509 g/mol. The molecule has 3 aliphatic rings. The summed E-state index contributed by atoms with van der Waals surface area (Å²) in [5.41, 5.74) is 2.88. The first-order valence-electron chi connectivity index (χ1n) is 11.7. The van der Waals surface area contributed by atoms with Gasteiger partial charge < -0.3 is 29.0 Å². The predicted molar refractivity (Wildman–Crippen MR) is 129 cm³/mol. The first-order valence-corrected chi connectivity index (χ1v) is 11.7. The summed E-state index contributed by atoms with van der Waals surface area (Å²) in [6, 6.07) is 5.32. The molecule has 3 aromatic heterocycles. The number of nitrogens with one attached hydrogen (secondary N) is 1. The molecule has 38 heavy (non-hydrogen) atoms. The van der Waals surface area contributed by atoms with Gasteiger partial charge in [0.25, 0.3) is 5.91 Å². The number of amides is 1. The molecule has 2 bridgehead atoms. The number of carbonyl (C=O) groups excluding carboxylic acids is 1. The van der Waals surface area contributed by atoms with Crippen LogP contribution in [0.4, 0.5) is 18.9 Å². The van der Waals surface area contributed by atoms with Gasteiger partial charge in [-0.1, -0.05) is 0 Å². The molecule has 3 fully saturated rings. The Hall–Kier alpha value is -3.87. The molecule has 0 unspecified atom stereocenters. The molecule has 204 valence electrons. The van der Waals surface area contributed by atoms with E-state index in [1.807, 2.05) is 30.5 Å². The van der Waals surface area contributed by atoms with Crippen molar-refractivity contribution in [3.8, 4) is 11.6 Å². The Kier molecular flexibility index (Phi) is 6.99. The Morgan fingerprint density at radius 3 is 2.39 bits per heavy atom. The van der Waals surface area contributed by atoms with Crippen LogP contribution in [-0.4, -0.2) is 63.5 Å². The molecule has 1 amide bonds. The summed E-state index contributed by atoms with van der Waals surface area (Å²) >= 11 is 0. The van der Waals surface area contributed by atoms with Gasteiger partial charge in [0, 0.05) is 37.2 Å². The number of fused-ring (bicyclic) bond motifs is 1. The molecule has 10 nitrogen and oxygen atoms in total. The number of methoxy groups -OCH3 is 2. The van der Waals surface area contributed by atoms with Crippen LogP contribution in [0.5, 0.6) is 11.6 Å². The zero-order chi connectivity index (χ0) is 27.9. The summed E-state index contributed by atoms with van der Waals surface area (Å²) in [5, 5.41) is 10.0. The number of rotatable bonds is 7. The van der Waals surface area contributed by atoms with Gasteiger partial charge in [0.1, 0.15) is 17.1 Å². The summed E-state index contributed by atoms with van der Waals surface area (Å²) in [4.78, 5) is 31.0. The summed E-state index contributed by atoms with van der Waals surface area (Å²) in [6.07, 6.45) is 3.25. The Balaban J connectivity index is 0.000000426. The largest absolute Gasteiger partial charge is 0.490 e. The van der Waals surface area contributed by atoms with Crippen molar-refractivity contribution in [1.82, 2.24) is 14.4 Å². The minimum atomic E-state index is -5.08. The molecule has 3 aliphatic carbocycles. The molecule has 0 atom stereocenters. The maximum atomic E-state index is 13.2. The first-order chi connectivity index (χ1) is 17.8. The third kappa shape index (κ3) is 5.10. The summed E-state index contributed by atoms with van der Waals surface area (Å²) < 4.78 is 50.5. The zero-order valence-electron chi connectivity index (χ0n) is 21.1. The van der Waals surface area contributed by atoms with E-state index < -0.39 is 12.1 Å². The Labute approximate surface area is 215 Å². The number of pyridine rings is 2. The third-order valence-corrected chi connectivity index (χ3v) is 6.58. The Bertz CT molecular complexity index is 1350. The van der Waals surface area contributed by atoms with Crippen LogP contribution in [0.2, 0.25) is 0 Å². The van der Waals surface area contributed by atoms with Crippen LogP contribution >= 0.6 is 0 Å². The van der Waals surface area contributed by atoms with E-state index in [0.717, 1.165) is 30.6 Å². The number of alkyl halides is 3. The Morgan fingerprint density at radius 2 is 1.84 bits per heavy atom. The molecule has 3 saturated carbocycles. The lowest BCUT2D eigenvalue weighted by molar-refractivity contribution is -0.233. The number of ether oxygens (including phenoxy) is 3. The molecule has 0 saturated heterocycles. The number of carbonyl (C=O) groups is 2. The lowest BCUT2D eigenvalue weighted by Crippen LogP contribution is -2.70. The van der Waals surface area contributed by atoms with Gasteiger partial charge in [0.2, 0.25) is 5.88 Å². The number of imidazole rings is 1. The fourth-order valence-corrected chi connectivity index (χ4v) is 4.81. The highest BCUT2D eigenvalue weighted by molar-refractivity contribution is 6.06. The number of hydrogen-bond donors (Lipinski definition) is 2. The quantitative estimate of drug-likeness (QED) is 0.460. The number of carboxylic acids is 1. The van der Waals surface area contributed by atoms with E-state index in [1.165, 1.54) is 7.11 Å². The number of nitrogens with zero attached hydrogens (tertiary/aromatic N) is 3. The average Bonchev–Trinajstić information content (AvgIpc) is 3.19. The molecular formula is C25H27F3N4O6. The van der Waals surface area contributed by atoms with Gasteiger partial charge in [-0.05, 0) is 45.2 Å². The van der Waals surface area contributed by atoms with Gasteiger partial charge in [0.05, 0.1) is 30.1 Å². The van der Waals surface area contributed by atoms with Crippen molar-refractivity contribution in [2.45, 2.75) is 56.4 Å². The van der Waals surface area contributed by atoms with E-state index in [9.17, 15) is 18.0 Å². The van der Waals surface area contributed by atoms with Crippen LogP contribution in [0.1, 0.15) is 49.2 Å². The zero-order valence-corrected chi connectivity index (χ0v) is 21.1. The SMILES string of the molecule is COc1ncccc1NC(=O)c1cn2cc(C34CC(OC)(C3)C4)nc2cc1OC(C)C.O=C(O)C(F)(F)F. The number of halogens is 3. The number of carboxylic acid groups (broad SMARTS) is 1. The highest BCUT2D eigenvalue weighted by atomic mass is 19.4. The topological polar surface area (TPSA) is 124 Å². The van der Waals surface area contributed by atoms with Crippen molar-refractivity contribution in [2.24, 2.45) is 0 Å². The normalized spacial score (nSPS) is 21.6. The first kappa shape index (κ1) is 27.2. The lowest BCUT2D eigenvalue weighted by atomic mass is 9.40. The van der Waals surface area contributed by atoms with Gasteiger partial charge in [-0.25, -0.2) is 14.8 Å². The maximum Gasteiger partial charge on any atom is 0.490 e. The van der Waals surface area contributed by atoms with Crippen molar-refractivity contribution >= 4 is 23.2 Å². The minimum absolute atomic E-state index is 0.0511. The van der Waals surface area contributed by atoms with Gasteiger partial charge in [0.15, 0.2) is 0 Å². The second-order valence-corrected chi connectivity index (χ2v) is 9.62. The second-order valence-electron chi connectivity index (χ2n) is 9.62. The maximum absolute atomic E-state index is 13.2. The molecule has 0 spiro atoms. The van der Waals surface area contributed by atoms with E-state index in [2.05, 4.69) is 10.3 Å². The third-order valence-electron chi connectivity index (χ3n) is 6.58. The molecule has 6 rings (SSSR count). The summed E-state index contributed by atoms with van der Waals surface area (Å²) in [6.45, 7) is 3.86. The molecule has 0 aliphatic heterocycles. The highest BCUT2D eigenvalue weighted by Crippen LogP contribution is 2.69. The molecule has 13 heteroatoms. The van der Waals surface area contributed by atoms with Crippen molar-refractivity contribution in [3.63, 3.8) is 0 Å². The molecule has 0 radical (unpaired) electrons. The average molecular weight is 537 g/mol. The van der Waals surface area contributed by atoms with Crippen molar-refractivity contribution in [2.75, 3.05) is 19.5 Å². The lowest BCUT2D eigenvalue weighted by Gasteiger charge is -2.68. The molecule has 0 aromatic carbocycles. The van der Waals surface area contributed by atoms with E-state index in [0.29, 0.717) is 22.9 Å². The molecule has 3 aromatic rings. The van der Waals surface area contributed by atoms with Gasteiger partial charge in [-0.15, -0.1) is 0 Å². The van der Waals surface area contributed by atoms with Crippen LogP contribution in [0.15, 0.2) is 36.8 Å². The highest BCUT2D eigenvalue weighted by Gasteiger charge is 2.70. The van der Waals surface area contributed by atoms with Gasteiger partial charge in [-0.3, -0.25) is 4.79 Å². The predicted octanol–water partition coefficient (Wildman–Crippen LogP) is 4.23. The number of aromatic nitrogens is 3. The van der Waals surface area contributed by atoms with E-state index in [1.54, 1.807) is 31.6 Å². The van der Waals surface area contributed by atoms with Gasteiger partial charge in [-0.2, -0.15) is 13.2 Å². The van der Waals surface area contributed by atoms with E-state index in [-0.39, 0.29) is 23.0 Å². The van der Waals surface area contributed by atoms with Crippen LogP contribution in [0.3, 0.4) is 0 Å². The summed E-state index contributed by atoms with van der Waals surface area (Å²) in [7, 11) is 3.30. The monoisotopic (exact) mass is 536 g/mol. The van der Waals surface area contributed by atoms with Crippen LogP contribution < -0.4 is 14.8 Å². The van der Waals surface area contributed by atoms with E-state index in [4.69, 9.17) is 29.1 Å². The number of aliphatic carboxylic acids is 1.